The van der Waals surface area contributed by atoms with Crippen molar-refractivity contribution in [1.82, 2.24) is 4.90 Å². The first kappa shape index (κ1) is 17.0. The third kappa shape index (κ3) is 4.58. The maximum absolute atomic E-state index is 2.61. The Morgan fingerprint density at radius 2 is 1.45 bits per heavy atom. The van der Waals surface area contributed by atoms with Gasteiger partial charge in [0.2, 0.25) is 0 Å². The molecule has 0 amide bonds. The van der Waals surface area contributed by atoms with Gasteiger partial charge in [-0.25, -0.2) is 0 Å². The minimum Gasteiger partial charge on any atom is -0.294 e. The third-order valence-corrected chi connectivity index (χ3v) is 4.32. The SMILES string of the molecule is CC(C)(C)CCN(Cc1cccc2ccccc12)C(C)(C)C. The van der Waals surface area contributed by atoms with Gasteiger partial charge in [0.1, 0.15) is 0 Å². The van der Waals surface area contributed by atoms with Gasteiger partial charge in [0.15, 0.2) is 0 Å². The molecule has 0 saturated heterocycles. The number of fused-ring (bicyclic) bond motifs is 1. The molecule has 1 heteroatoms. The Hall–Kier alpha value is -1.34. The fourth-order valence-corrected chi connectivity index (χ4v) is 2.76. The van der Waals surface area contributed by atoms with Crippen molar-refractivity contribution in [2.45, 2.75) is 60.0 Å². The molecule has 120 valence electrons. The van der Waals surface area contributed by atoms with Crippen LogP contribution in [0.3, 0.4) is 0 Å². The normalized spacial score (nSPS) is 13.0. The van der Waals surface area contributed by atoms with Crippen molar-refractivity contribution in [1.29, 1.82) is 0 Å². The van der Waals surface area contributed by atoms with Crippen molar-refractivity contribution in [2.75, 3.05) is 6.54 Å². The van der Waals surface area contributed by atoms with Crippen LogP contribution in [0.5, 0.6) is 0 Å². The molecule has 0 aliphatic carbocycles. The van der Waals surface area contributed by atoms with E-state index >= 15 is 0 Å². The molecule has 0 unspecified atom stereocenters. The van der Waals surface area contributed by atoms with Crippen molar-refractivity contribution in [3.05, 3.63) is 48.0 Å². The van der Waals surface area contributed by atoms with Gasteiger partial charge in [-0.05, 0) is 55.5 Å². The third-order valence-electron chi connectivity index (χ3n) is 4.32. The van der Waals surface area contributed by atoms with Crippen LogP contribution in [0.25, 0.3) is 10.8 Å². The topological polar surface area (TPSA) is 3.24 Å². The molecule has 0 spiro atoms. The van der Waals surface area contributed by atoms with Crippen LogP contribution in [-0.4, -0.2) is 17.0 Å². The minimum absolute atomic E-state index is 0.183. The molecule has 22 heavy (non-hydrogen) atoms. The molecule has 0 radical (unpaired) electrons. The number of rotatable bonds is 4. The van der Waals surface area contributed by atoms with Gasteiger partial charge >= 0.3 is 0 Å². The number of nitrogens with zero attached hydrogens (tertiary/aromatic N) is 1. The van der Waals surface area contributed by atoms with Gasteiger partial charge in [-0.15, -0.1) is 0 Å². The fraction of sp³-hybridized carbons (Fsp3) is 0.524. The first-order valence-corrected chi connectivity index (χ1v) is 8.38. The highest BCUT2D eigenvalue weighted by molar-refractivity contribution is 5.85. The summed E-state index contributed by atoms with van der Waals surface area (Å²) >= 11 is 0. The van der Waals surface area contributed by atoms with Crippen molar-refractivity contribution >= 4 is 10.8 Å². The predicted molar refractivity (Wildman–Crippen MR) is 98.2 cm³/mol. The van der Waals surface area contributed by atoms with Gasteiger partial charge in [-0.2, -0.15) is 0 Å². The quantitative estimate of drug-likeness (QED) is 0.681. The molecule has 0 saturated carbocycles. The fourth-order valence-electron chi connectivity index (χ4n) is 2.76. The summed E-state index contributed by atoms with van der Waals surface area (Å²) in [6.45, 7) is 16.1. The van der Waals surface area contributed by atoms with E-state index in [0.717, 1.165) is 13.1 Å². The van der Waals surface area contributed by atoms with Crippen molar-refractivity contribution in [3.63, 3.8) is 0 Å². The zero-order valence-corrected chi connectivity index (χ0v) is 15.1. The van der Waals surface area contributed by atoms with Crippen LogP contribution in [0, 0.1) is 5.41 Å². The van der Waals surface area contributed by atoms with E-state index in [0.29, 0.717) is 5.41 Å². The van der Waals surface area contributed by atoms with Crippen LogP contribution < -0.4 is 0 Å². The second-order valence-corrected chi connectivity index (χ2v) is 8.54. The molecule has 0 heterocycles. The van der Waals surface area contributed by atoms with E-state index in [1.54, 1.807) is 0 Å². The lowest BCUT2D eigenvalue weighted by molar-refractivity contribution is 0.111. The van der Waals surface area contributed by atoms with E-state index in [1.807, 2.05) is 0 Å². The van der Waals surface area contributed by atoms with E-state index in [1.165, 1.54) is 22.8 Å². The van der Waals surface area contributed by atoms with Crippen LogP contribution >= 0.6 is 0 Å². The van der Waals surface area contributed by atoms with Crippen molar-refractivity contribution in [3.8, 4) is 0 Å². The Labute approximate surface area is 136 Å². The molecular weight excluding hydrogens is 266 g/mol. The smallest absolute Gasteiger partial charge is 0.0245 e. The van der Waals surface area contributed by atoms with Crippen LogP contribution in [0.15, 0.2) is 42.5 Å². The van der Waals surface area contributed by atoms with Crippen molar-refractivity contribution < 1.29 is 0 Å². The summed E-state index contributed by atoms with van der Waals surface area (Å²) in [4.78, 5) is 2.61. The lowest BCUT2D eigenvalue weighted by Gasteiger charge is -2.37. The lowest BCUT2D eigenvalue weighted by atomic mass is 9.91. The molecule has 0 bridgehead atoms. The molecule has 0 aliphatic heterocycles. The summed E-state index contributed by atoms with van der Waals surface area (Å²) in [5, 5.41) is 2.72. The molecule has 1 nitrogen and oxygen atoms in total. The maximum Gasteiger partial charge on any atom is 0.0245 e. The lowest BCUT2D eigenvalue weighted by Crippen LogP contribution is -2.42. The summed E-state index contributed by atoms with van der Waals surface area (Å²) in [6, 6.07) is 15.4. The number of hydrogen-bond acceptors (Lipinski definition) is 1. The van der Waals surface area contributed by atoms with Crippen LogP contribution in [0.4, 0.5) is 0 Å². The Morgan fingerprint density at radius 1 is 0.818 bits per heavy atom. The molecular formula is C21H31N. The Morgan fingerprint density at radius 3 is 2.09 bits per heavy atom. The van der Waals surface area contributed by atoms with Gasteiger partial charge in [-0.1, -0.05) is 63.2 Å². The molecule has 0 aliphatic rings. The largest absolute Gasteiger partial charge is 0.294 e. The standard InChI is InChI=1S/C21H31N/c1-20(2,3)14-15-22(21(4,5)6)16-18-12-9-11-17-10-7-8-13-19(17)18/h7-13H,14-16H2,1-6H3. The van der Waals surface area contributed by atoms with Crippen LogP contribution in [-0.2, 0) is 6.54 Å². The second kappa shape index (κ2) is 6.42. The van der Waals surface area contributed by atoms with E-state index in [4.69, 9.17) is 0 Å². The Balaban J connectivity index is 2.26. The van der Waals surface area contributed by atoms with E-state index in [9.17, 15) is 0 Å². The molecule has 0 atom stereocenters. The van der Waals surface area contributed by atoms with Gasteiger partial charge in [-0.3, -0.25) is 4.90 Å². The summed E-state index contributed by atoms with van der Waals surface area (Å²) in [5.74, 6) is 0. The van der Waals surface area contributed by atoms with E-state index in [-0.39, 0.29) is 5.54 Å². The van der Waals surface area contributed by atoms with Gasteiger partial charge in [0.05, 0.1) is 0 Å². The average Bonchev–Trinajstić information content (AvgIpc) is 2.41. The molecule has 2 aromatic rings. The van der Waals surface area contributed by atoms with Gasteiger partial charge in [0, 0.05) is 12.1 Å². The maximum atomic E-state index is 2.61. The van der Waals surface area contributed by atoms with Gasteiger partial charge in [0.25, 0.3) is 0 Å². The minimum atomic E-state index is 0.183. The van der Waals surface area contributed by atoms with Gasteiger partial charge < -0.3 is 0 Å². The molecule has 2 aromatic carbocycles. The van der Waals surface area contributed by atoms with E-state index < -0.39 is 0 Å². The second-order valence-electron chi connectivity index (χ2n) is 8.54. The first-order chi connectivity index (χ1) is 10.2. The first-order valence-electron chi connectivity index (χ1n) is 8.38. The van der Waals surface area contributed by atoms with Crippen LogP contribution in [0.1, 0.15) is 53.5 Å². The molecule has 0 N–H and O–H groups in total. The zero-order valence-electron chi connectivity index (χ0n) is 15.1. The summed E-state index contributed by atoms with van der Waals surface area (Å²) in [7, 11) is 0. The van der Waals surface area contributed by atoms with Crippen molar-refractivity contribution in [2.24, 2.45) is 5.41 Å². The summed E-state index contributed by atoms with van der Waals surface area (Å²) in [5.41, 5.74) is 1.99. The summed E-state index contributed by atoms with van der Waals surface area (Å²) < 4.78 is 0. The number of benzene rings is 2. The average molecular weight is 297 g/mol. The Bertz CT molecular complexity index is 608. The zero-order chi connectivity index (χ0) is 16.4. The summed E-state index contributed by atoms with van der Waals surface area (Å²) in [6.07, 6.45) is 1.22. The Kier molecular flexibility index (Phi) is 4.97. The molecule has 2 rings (SSSR count). The molecule has 0 aromatic heterocycles. The monoisotopic (exact) mass is 297 g/mol. The number of hydrogen-bond donors (Lipinski definition) is 0. The van der Waals surface area contributed by atoms with Crippen LogP contribution in [0.2, 0.25) is 0 Å². The highest BCUT2D eigenvalue weighted by Gasteiger charge is 2.23. The highest BCUT2D eigenvalue weighted by atomic mass is 15.2. The predicted octanol–water partition coefficient (Wildman–Crippen LogP) is 5.88. The van der Waals surface area contributed by atoms with E-state index in [2.05, 4.69) is 88.9 Å². The highest BCUT2D eigenvalue weighted by Crippen LogP contribution is 2.26. The molecule has 0 fully saturated rings.